The number of aryl methyl sites for hydroxylation is 1. The molecule has 1 aromatic rings. The maximum atomic E-state index is 11.7. The fourth-order valence-electron chi connectivity index (χ4n) is 2.07. The van der Waals surface area contributed by atoms with E-state index in [1.54, 1.807) is 11.3 Å². The van der Waals surface area contributed by atoms with Gasteiger partial charge in [-0.3, -0.25) is 0 Å². The molecular formula is C12H20N4OS. The van der Waals surface area contributed by atoms with Crippen LogP contribution in [-0.4, -0.2) is 36.7 Å². The SMILES string of the molecule is Cc1ncsc1CCNC(=O)N[C@H]1CCCNC1. The molecule has 2 rings (SSSR count). The highest BCUT2D eigenvalue weighted by Crippen LogP contribution is 2.11. The van der Waals surface area contributed by atoms with E-state index in [4.69, 9.17) is 0 Å². The summed E-state index contributed by atoms with van der Waals surface area (Å²) in [4.78, 5) is 17.1. The van der Waals surface area contributed by atoms with Crippen LogP contribution in [0.4, 0.5) is 4.79 Å². The highest BCUT2D eigenvalue weighted by atomic mass is 32.1. The predicted molar refractivity (Wildman–Crippen MR) is 73.0 cm³/mol. The van der Waals surface area contributed by atoms with Gasteiger partial charge in [-0.1, -0.05) is 0 Å². The van der Waals surface area contributed by atoms with Crippen LogP contribution >= 0.6 is 11.3 Å². The molecule has 0 aliphatic carbocycles. The standard InChI is InChI=1S/C12H20N4OS/c1-9-11(18-8-15-9)4-6-14-12(17)16-10-3-2-5-13-7-10/h8,10,13H,2-7H2,1H3,(H2,14,16,17)/t10-/m0/s1. The van der Waals surface area contributed by atoms with Gasteiger partial charge in [-0.25, -0.2) is 9.78 Å². The van der Waals surface area contributed by atoms with Crippen molar-refractivity contribution in [1.29, 1.82) is 0 Å². The van der Waals surface area contributed by atoms with Crippen molar-refractivity contribution in [3.05, 3.63) is 16.1 Å². The molecule has 1 saturated heterocycles. The lowest BCUT2D eigenvalue weighted by Crippen LogP contribution is -2.49. The van der Waals surface area contributed by atoms with E-state index in [1.807, 2.05) is 12.4 Å². The van der Waals surface area contributed by atoms with Gasteiger partial charge in [0.1, 0.15) is 0 Å². The third-order valence-corrected chi connectivity index (χ3v) is 4.11. The fraction of sp³-hybridized carbons (Fsp3) is 0.667. The second-order valence-electron chi connectivity index (χ2n) is 4.55. The third kappa shape index (κ3) is 3.96. The van der Waals surface area contributed by atoms with Crippen LogP contribution in [-0.2, 0) is 6.42 Å². The molecular weight excluding hydrogens is 248 g/mol. The second kappa shape index (κ2) is 6.70. The number of piperidine rings is 1. The van der Waals surface area contributed by atoms with E-state index in [1.165, 1.54) is 4.88 Å². The Morgan fingerprint density at radius 2 is 2.56 bits per heavy atom. The molecule has 5 nitrogen and oxygen atoms in total. The minimum Gasteiger partial charge on any atom is -0.338 e. The number of thiazole rings is 1. The normalized spacial score (nSPS) is 19.5. The van der Waals surface area contributed by atoms with Gasteiger partial charge in [0, 0.05) is 30.4 Å². The number of aromatic nitrogens is 1. The van der Waals surface area contributed by atoms with Crippen LogP contribution < -0.4 is 16.0 Å². The second-order valence-corrected chi connectivity index (χ2v) is 5.49. The summed E-state index contributed by atoms with van der Waals surface area (Å²) in [6, 6.07) is 0.203. The molecule has 3 N–H and O–H groups in total. The van der Waals surface area contributed by atoms with Gasteiger partial charge in [0.25, 0.3) is 0 Å². The quantitative estimate of drug-likeness (QED) is 0.764. The van der Waals surface area contributed by atoms with Crippen LogP contribution in [0, 0.1) is 6.92 Å². The molecule has 18 heavy (non-hydrogen) atoms. The minimum absolute atomic E-state index is 0.0640. The summed E-state index contributed by atoms with van der Waals surface area (Å²) >= 11 is 1.64. The lowest BCUT2D eigenvalue weighted by atomic mass is 10.1. The first-order valence-electron chi connectivity index (χ1n) is 6.40. The Bertz CT molecular complexity index is 387. The molecule has 1 aliphatic rings. The van der Waals surface area contributed by atoms with Gasteiger partial charge in [-0.2, -0.15) is 0 Å². The number of nitrogens with one attached hydrogen (secondary N) is 3. The summed E-state index contributed by atoms with van der Waals surface area (Å²) < 4.78 is 0. The molecule has 0 saturated carbocycles. The predicted octanol–water partition coefficient (Wildman–Crippen LogP) is 1.05. The van der Waals surface area contributed by atoms with Crippen molar-refractivity contribution in [2.45, 2.75) is 32.2 Å². The number of carbonyl (C=O) groups excluding carboxylic acids is 1. The Labute approximate surface area is 111 Å². The summed E-state index contributed by atoms with van der Waals surface area (Å²) in [5.74, 6) is 0. The van der Waals surface area contributed by atoms with Crippen molar-refractivity contribution in [2.75, 3.05) is 19.6 Å². The molecule has 0 radical (unpaired) electrons. The third-order valence-electron chi connectivity index (χ3n) is 3.11. The van der Waals surface area contributed by atoms with E-state index in [2.05, 4.69) is 20.9 Å². The maximum absolute atomic E-state index is 11.7. The summed E-state index contributed by atoms with van der Waals surface area (Å²) in [5.41, 5.74) is 2.91. The highest BCUT2D eigenvalue weighted by molar-refractivity contribution is 7.09. The Morgan fingerprint density at radius 3 is 3.22 bits per heavy atom. The van der Waals surface area contributed by atoms with Gasteiger partial charge >= 0.3 is 6.03 Å². The molecule has 0 aromatic carbocycles. The Morgan fingerprint density at radius 1 is 1.67 bits per heavy atom. The van der Waals surface area contributed by atoms with Gasteiger partial charge in [-0.15, -0.1) is 11.3 Å². The molecule has 6 heteroatoms. The van der Waals surface area contributed by atoms with Gasteiger partial charge < -0.3 is 16.0 Å². The minimum atomic E-state index is -0.0640. The number of amides is 2. The molecule has 0 unspecified atom stereocenters. The van der Waals surface area contributed by atoms with Gasteiger partial charge in [-0.05, 0) is 26.3 Å². The summed E-state index contributed by atoms with van der Waals surface area (Å²) in [7, 11) is 0. The molecule has 1 fully saturated rings. The van der Waals surface area contributed by atoms with Gasteiger partial charge in [0.05, 0.1) is 11.2 Å². The van der Waals surface area contributed by atoms with Gasteiger partial charge in [0.2, 0.25) is 0 Å². The topological polar surface area (TPSA) is 66.0 Å². The number of carbonyl (C=O) groups is 1. The molecule has 100 valence electrons. The van der Waals surface area contributed by atoms with E-state index in [9.17, 15) is 4.79 Å². The van der Waals surface area contributed by atoms with Crippen molar-refractivity contribution >= 4 is 17.4 Å². The summed E-state index contributed by atoms with van der Waals surface area (Å²) in [5, 5.41) is 9.16. The Kier molecular flexibility index (Phi) is 4.95. The lowest BCUT2D eigenvalue weighted by Gasteiger charge is -2.23. The van der Waals surface area contributed by atoms with E-state index in [-0.39, 0.29) is 12.1 Å². The zero-order valence-electron chi connectivity index (χ0n) is 10.7. The first kappa shape index (κ1) is 13.3. The molecule has 1 aromatic heterocycles. The molecule has 1 aliphatic heterocycles. The Balaban J connectivity index is 1.64. The van der Waals surface area contributed by atoms with Crippen molar-refractivity contribution in [2.24, 2.45) is 0 Å². The summed E-state index contributed by atoms with van der Waals surface area (Å²) in [6.07, 6.45) is 3.05. The van der Waals surface area contributed by atoms with E-state index in [0.29, 0.717) is 6.54 Å². The summed E-state index contributed by atoms with van der Waals surface area (Å²) in [6.45, 7) is 4.60. The van der Waals surface area contributed by atoms with Crippen molar-refractivity contribution < 1.29 is 4.79 Å². The van der Waals surface area contributed by atoms with Crippen molar-refractivity contribution in [3.8, 4) is 0 Å². The molecule has 0 bridgehead atoms. The van der Waals surface area contributed by atoms with Crippen molar-refractivity contribution in [1.82, 2.24) is 20.9 Å². The highest BCUT2D eigenvalue weighted by Gasteiger charge is 2.14. The molecule has 2 heterocycles. The molecule has 2 amide bonds. The average Bonchev–Trinajstić information content (AvgIpc) is 2.76. The van der Waals surface area contributed by atoms with Crippen LogP contribution in [0.15, 0.2) is 5.51 Å². The largest absolute Gasteiger partial charge is 0.338 e. The first-order chi connectivity index (χ1) is 8.75. The number of rotatable bonds is 4. The zero-order chi connectivity index (χ0) is 12.8. The molecule has 1 atom stereocenters. The maximum Gasteiger partial charge on any atom is 0.315 e. The van der Waals surface area contributed by atoms with Gasteiger partial charge in [0.15, 0.2) is 0 Å². The van der Waals surface area contributed by atoms with Crippen LogP contribution in [0.5, 0.6) is 0 Å². The number of urea groups is 1. The number of hydrogen-bond acceptors (Lipinski definition) is 4. The van der Waals surface area contributed by atoms with E-state index >= 15 is 0 Å². The average molecular weight is 268 g/mol. The fourth-order valence-corrected chi connectivity index (χ4v) is 2.85. The lowest BCUT2D eigenvalue weighted by molar-refractivity contribution is 0.234. The van der Waals surface area contributed by atoms with E-state index in [0.717, 1.165) is 38.0 Å². The van der Waals surface area contributed by atoms with Crippen LogP contribution in [0.3, 0.4) is 0 Å². The van der Waals surface area contributed by atoms with Crippen molar-refractivity contribution in [3.63, 3.8) is 0 Å². The molecule has 0 spiro atoms. The number of hydrogen-bond donors (Lipinski definition) is 3. The smallest absolute Gasteiger partial charge is 0.315 e. The number of nitrogens with zero attached hydrogens (tertiary/aromatic N) is 1. The van der Waals surface area contributed by atoms with Crippen LogP contribution in [0.1, 0.15) is 23.4 Å². The monoisotopic (exact) mass is 268 g/mol. The van der Waals surface area contributed by atoms with Crippen LogP contribution in [0.2, 0.25) is 0 Å². The van der Waals surface area contributed by atoms with Crippen LogP contribution in [0.25, 0.3) is 0 Å². The Hall–Kier alpha value is -1.14. The first-order valence-corrected chi connectivity index (χ1v) is 7.27. The van der Waals surface area contributed by atoms with E-state index < -0.39 is 0 Å². The zero-order valence-corrected chi connectivity index (χ0v) is 11.5.